The zero-order valence-electron chi connectivity index (χ0n) is 11.5. The van der Waals surface area contributed by atoms with Gasteiger partial charge in [-0.1, -0.05) is 17.7 Å². The number of carbonyl (C=O) groups is 1. The zero-order chi connectivity index (χ0) is 15.6. The van der Waals surface area contributed by atoms with E-state index < -0.39 is 22.0 Å². The Bertz CT molecular complexity index is 646. The van der Waals surface area contributed by atoms with Crippen molar-refractivity contribution < 1.29 is 23.1 Å². The van der Waals surface area contributed by atoms with E-state index in [1.165, 1.54) is 16.4 Å². The molecule has 0 aliphatic carbocycles. The van der Waals surface area contributed by atoms with Gasteiger partial charge in [-0.2, -0.15) is 4.31 Å². The van der Waals surface area contributed by atoms with Crippen LogP contribution in [0.15, 0.2) is 23.1 Å². The number of carboxylic acid groups (broad SMARTS) is 1. The molecule has 6 nitrogen and oxygen atoms in total. The number of morpholine rings is 1. The maximum Gasteiger partial charge on any atom is 0.305 e. The zero-order valence-corrected chi connectivity index (χ0v) is 13.0. The molecule has 0 spiro atoms. The number of ether oxygens (including phenoxy) is 1. The first-order chi connectivity index (χ1) is 9.82. The largest absolute Gasteiger partial charge is 0.481 e. The number of carboxylic acids is 1. The van der Waals surface area contributed by atoms with E-state index in [1.54, 1.807) is 13.0 Å². The number of hydrogen-bond donors (Lipinski definition) is 1. The molecule has 1 fully saturated rings. The van der Waals surface area contributed by atoms with Crippen LogP contribution in [0, 0.1) is 6.92 Å². The second kappa shape index (κ2) is 6.31. The highest BCUT2D eigenvalue weighted by molar-refractivity contribution is 7.89. The molecule has 1 heterocycles. The predicted molar refractivity (Wildman–Crippen MR) is 76.9 cm³/mol. The van der Waals surface area contributed by atoms with E-state index in [-0.39, 0.29) is 36.1 Å². The Balaban J connectivity index is 2.40. The van der Waals surface area contributed by atoms with Crippen molar-refractivity contribution in [3.05, 3.63) is 28.8 Å². The topological polar surface area (TPSA) is 83.9 Å². The van der Waals surface area contributed by atoms with Crippen LogP contribution in [0.5, 0.6) is 0 Å². The maximum absolute atomic E-state index is 12.7. The highest BCUT2D eigenvalue weighted by atomic mass is 35.5. The van der Waals surface area contributed by atoms with Gasteiger partial charge < -0.3 is 9.84 Å². The smallest absolute Gasteiger partial charge is 0.305 e. The molecule has 116 valence electrons. The summed E-state index contributed by atoms with van der Waals surface area (Å²) in [7, 11) is -3.85. The summed E-state index contributed by atoms with van der Waals surface area (Å²) in [6.45, 7) is 2.18. The lowest BCUT2D eigenvalue weighted by Gasteiger charge is -2.33. The number of aryl methyl sites for hydroxylation is 1. The molecule has 1 N–H and O–H groups in total. The second-order valence-corrected chi connectivity index (χ2v) is 7.14. The van der Waals surface area contributed by atoms with Gasteiger partial charge in [0.05, 0.1) is 30.7 Å². The average molecular weight is 334 g/mol. The molecule has 8 heteroatoms. The molecule has 0 saturated carbocycles. The van der Waals surface area contributed by atoms with Crippen LogP contribution in [0.25, 0.3) is 0 Å². The molecule has 1 aliphatic rings. The van der Waals surface area contributed by atoms with E-state index in [0.29, 0.717) is 0 Å². The minimum atomic E-state index is -3.85. The molecular formula is C13H16ClNO5S. The van der Waals surface area contributed by atoms with Gasteiger partial charge in [-0.15, -0.1) is 0 Å². The van der Waals surface area contributed by atoms with E-state index in [2.05, 4.69) is 0 Å². The lowest BCUT2D eigenvalue weighted by atomic mass is 10.2. The van der Waals surface area contributed by atoms with Gasteiger partial charge in [-0.05, 0) is 24.6 Å². The van der Waals surface area contributed by atoms with E-state index in [9.17, 15) is 13.2 Å². The van der Waals surface area contributed by atoms with E-state index in [0.717, 1.165) is 5.56 Å². The molecule has 1 unspecified atom stereocenters. The van der Waals surface area contributed by atoms with Crippen molar-refractivity contribution in [1.82, 2.24) is 4.31 Å². The molecule has 1 atom stereocenters. The lowest BCUT2D eigenvalue weighted by molar-refractivity contribution is -0.139. The van der Waals surface area contributed by atoms with Crippen molar-refractivity contribution in [3.8, 4) is 0 Å². The molecule has 2 rings (SSSR count). The van der Waals surface area contributed by atoms with Crippen LogP contribution >= 0.6 is 11.6 Å². The number of hydrogen-bond acceptors (Lipinski definition) is 4. The van der Waals surface area contributed by atoms with Gasteiger partial charge in [0.1, 0.15) is 4.90 Å². The molecule has 0 radical (unpaired) electrons. The number of nitrogens with zero attached hydrogens (tertiary/aromatic N) is 1. The number of sulfonamides is 1. The maximum atomic E-state index is 12.7. The summed E-state index contributed by atoms with van der Waals surface area (Å²) >= 11 is 6.00. The molecule has 0 bridgehead atoms. The first-order valence-corrected chi connectivity index (χ1v) is 8.21. The Hall–Kier alpha value is -1.15. The summed E-state index contributed by atoms with van der Waals surface area (Å²) in [5.74, 6) is -1.07. The van der Waals surface area contributed by atoms with Gasteiger partial charge in [0.15, 0.2) is 0 Å². The van der Waals surface area contributed by atoms with Crippen LogP contribution < -0.4 is 0 Å². The number of rotatable bonds is 4. The summed E-state index contributed by atoms with van der Waals surface area (Å²) in [5.41, 5.74) is 0.765. The molecule has 21 heavy (non-hydrogen) atoms. The minimum absolute atomic E-state index is 0.00135. The molecular weight excluding hydrogens is 318 g/mol. The van der Waals surface area contributed by atoms with Crippen molar-refractivity contribution >= 4 is 27.6 Å². The molecule has 1 aliphatic heterocycles. The average Bonchev–Trinajstić information content (AvgIpc) is 2.41. The molecule has 1 aromatic rings. The quantitative estimate of drug-likeness (QED) is 0.903. The number of aliphatic carboxylic acids is 1. The first kappa shape index (κ1) is 16.2. The van der Waals surface area contributed by atoms with Crippen molar-refractivity contribution in [2.45, 2.75) is 24.3 Å². The van der Waals surface area contributed by atoms with E-state index >= 15 is 0 Å². The third-order valence-corrected chi connectivity index (χ3v) is 5.69. The first-order valence-electron chi connectivity index (χ1n) is 6.40. The fraction of sp³-hybridized carbons (Fsp3) is 0.462. The van der Waals surface area contributed by atoms with Crippen LogP contribution in [0.1, 0.15) is 12.0 Å². The van der Waals surface area contributed by atoms with Crippen molar-refractivity contribution in [1.29, 1.82) is 0 Å². The van der Waals surface area contributed by atoms with Crippen LogP contribution in [0.3, 0.4) is 0 Å². The van der Waals surface area contributed by atoms with Crippen LogP contribution in [-0.4, -0.2) is 49.6 Å². The van der Waals surface area contributed by atoms with Gasteiger partial charge in [0, 0.05) is 6.54 Å². The molecule has 1 aromatic carbocycles. The molecule has 0 amide bonds. The van der Waals surface area contributed by atoms with Crippen molar-refractivity contribution in [2.24, 2.45) is 0 Å². The highest BCUT2D eigenvalue weighted by Crippen LogP contribution is 2.28. The molecule has 1 saturated heterocycles. The Morgan fingerprint density at radius 1 is 1.52 bits per heavy atom. The SMILES string of the molecule is Cc1ccc(Cl)c(S(=O)(=O)N2CCOCC2CC(=O)O)c1. The Morgan fingerprint density at radius 3 is 2.90 bits per heavy atom. The fourth-order valence-corrected chi connectivity index (χ4v) is 4.41. The Labute approximate surface area is 128 Å². The van der Waals surface area contributed by atoms with Gasteiger partial charge in [0.2, 0.25) is 10.0 Å². The van der Waals surface area contributed by atoms with Crippen LogP contribution in [-0.2, 0) is 19.6 Å². The summed E-state index contributed by atoms with van der Waals surface area (Å²) in [6, 6.07) is 4.01. The number of benzene rings is 1. The van der Waals surface area contributed by atoms with Gasteiger partial charge in [-0.3, -0.25) is 4.79 Å². The summed E-state index contributed by atoms with van der Waals surface area (Å²) in [6.07, 6.45) is -0.303. The third kappa shape index (κ3) is 3.55. The summed E-state index contributed by atoms with van der Waals surface area (Å²) in [5, 5.41) is 9.04. The van der Waals surface area contributed by atoms with Crippen molar-refractivity contribution in [2.75, 3.05) is 19.8 Å². The predicted octanol–water partition coefficient (Wildman–Crippen LogP) is 1.51. The fourth-order valence-electron chi connectivity index (χ4n) is 2.25. The van der Waals surface area contributed by atoms with Gasteiger partial charge >= 0.3 is 5.97 Å². The summed E-state index contributed by atoms with van der Waals surface area (Å²) in [4.78, 5) is 10.9. The summed E-state index contributed by atoms with van der Waals surface area (Å²) < 4.78 is 31.9. The van der Waals surface area contributed by atoms with Crippen molar-refractivity contribution in [3.63, 3.8) is 0 Å². The monoisotopic (exact) mass is 333 g/mol. The van der Waals surface area contributed by atoms with Gasteiger partial charge in [-0.25, -0.2) is 8.42 Å². The number of halogens is 1. The van der Waals surface area contributed by atoms with Crippen LogP contribution in [0.2, 0.25) is 5.02 Å². The van der Waals surface area contributed by atoms with E-state index in [4.69, 9.17) is 21.4 Å². The normalized spacial score (nSPS) is 20.4. The second-order valence-electron chi connectivity index (χ2n) is 4.88. The van der Waals surface area contributed by atoms with E-state index in [1.807, 2.05) is 0 Å². The lowest BCUT2D eigenvalue weighted by Crippen LogP contribution is -2.49. The Kier molecular flexibility index (Phi) is 4.88. The molecule has 0 aromatic heterocycles. The van der Waals surface area contributed by atoms with Gasteiger partial charge in [0.25, 0.3) is 0 Å². The Morgan fingerprint density at radius 2 is 2.24 bits per heavy atom. The third-order valence-electron chi connectivity index (χ3n) is 3.26. The standard InChI is InChI=1S/C13H16ClNO5S/c1-9-2-3-11(14)12(6-9)21(18,19)15-4-5-20-8-10(15)7-13(16)17/h2-3,6,10H,4-5,7-8H2,1H3,(H,16,17). The highest BCUT2D eigenvalue weighted by Gasteiger charge is 2.36. The minimum Gasteiger partial charge on any atom is -0.481 e. The van der Waals surface area contributed by atoms with Crippen LogP contribution in [0.4, 0.5) is 0 Å².